The van der Waals surface area contributed by atoms with Crippen molar-refractivity contribution >= 4 is 34.4 Å². The van der Waals surface area contributed by atoms with E-state index in [4.69, 9.17) is 16.3 Å². The Bertz CT molecular complexity index is 818. The van der Waals surface area contributed by atoms with E-state index in [1.807, 2.05) is 48.5 Å². The molecule has 0 amide bonds. The normalized spacial score (nSPS) is 11.0. The fraction of sp³-hybridized carbons (Fsp3) is 0.0625. The van der Waals surface area contributed by atoms with E-state index in [0.717, 1.165) is 22.1 Å². The summed E-state index contributed by atoms with van der Waals surface area (Å²) in [7, 11) is 1.63. The third kappa shape index (κ3) is 2.99. The molecule has 22 heavy (non-hydrogen) atoms. The van der Waals surface area contributed by atoms with Crippen LogP contribution in [0.4, 0.5) is 5.82 Å². The van der Waals surface area contributed by atoms with Gasteiger partial charge in [0.1, 0.15) is 5.75 Å². The van der Waals surface area contributed by atoms with Crippen LogP contribution in [0.15, 0.2) is 53.6 Å². The maximum Gasteiger partial charge on any atom is 0.176 e. The van der Waals surface area contributed by atoms with E-state index in [0.29, 0.717) is 11.0 Å². The molecule has 6 heteroatoms. The van der Waals surface area contributed by atoms with Gasteiger partial charge < -0.3 is 4.74 Å². The van der Waals surface area contributed by atoms with Crippen LogP contribution >= 0.6 is 11.6 Å². The van der Waals surface area contributed by atoms with Gasteiger partial charge in [-0.05, 0) is 29.8 Å². The molecule has 110 valence electrons. The number of benzene rings is 2. The molecule has 0 fully saturated rings. The van der Waals surface area contributed by atoms with Gasteiger partial charge in [0.25, 0.3) is 0 Å². The van der Waals surface area contributed by atoms with Gasteiger partial charge in [0.05, 0.1) is 13.3 Å². The summed E-state index contributed by atoms with van der Waals surface area (Å²) in [5.74, 6) is 1.37. The van der Waals surface area contributed by atoms with Crippen LogP contribution in [0, 0.1) is 0 Å². The molecule has 5 nitrogen and oxygen atoms in total. The zero-order chi connectivity index (χ0) is 15.4. The van der Waals surface area contributed by atoms with Crippen LogP contribution in [0.25, 0.3) is 10.8 Å². The van der Waals surface area contributed by atoms with Crippen LogP contribution in [0.2, 0.25) is 5.15 Å². The fourth-order valence-electron chi connectivity index (χ4n) is 2.01. The highest BCUT2D eigenvalue weighted by Crippen LogP contribution is 2.25. The molecule has 0 unspecified atom stereocenters. The van der Waals surface area contributed by atoms with E-state index in [1.165, 1.54) is 0 Å². The Labute approximate surface area is 132 Å². The van der Waals surface area contributed by atoms with Crippen LogP contribution in [0.1, 0.15) is 5.56 Å². The lowest BCUT2D eigenvalue weighted by Gasteiger charge is -2.04. The minimum absolute atomic E-state index is 0.375. The van der Waals surface area contributed by atoms with Gasteiger partial charge >= 0.3 is 0 Å². The smallest absolute Gasteiger partial charge is 0.176 e. The number of halogens is 1. The number of aromatic nitrogens is 2. The summed E-state index contributed by atoms with van der Waals surface area (Å²) in [4.78, 5) is 0. The molecule has 1 heterocycles. The van der Waals surface area contributed by atoms with Gasteiger partial charge in [0.2, 0.25) is 0 Å². The average molecular weight is 313 g/mol. The lowest BCUT2D eigenvalue weighted by Crippen LogP contribution is -1.97. The highest BCUT2D eigenvalue weighted by atomic mass is 35.5. The van der Waals surface area contributed by atoms with Crippen LogP contribution in [-0.4, -0.2) is 23.5 Å². The summed E-state index contributed by atoms with van der Waals surface area (Å²) in [6, 6.07) is 15.2. The predicted octanol–water partition coefficient (Wildman–Crippen LogP) is 3.74. The van der Waals surface area contributed by atoms with Crippen molar-refractivity contribution in [3.05, 3.63) is 59.2 Å². The maximum absolute atomic E-state index is 6.04. The Morgan fingerprint density at radius 1 is 1.05 bits per heavy atom. The Kier molecular flexibility index (Phi) is 4.16. The number of nitrogens with one attached hydrogen (secondary N) is 1. The summed E-state index contributed by atoms with van der Waals surface area (Å²) in [5.41, 5.74) is 3.84. The number of fused-ring (bicyclic) bond motifs is 1. The van der Waals surface area contributed by atoms with Crippen LogP contribution < -0.4 is 10.2 Å². The Morgan fingerprint density at radius 2 is 1.77 bits per heavy atom. The number of hydrazone groups is 1. The van der Waals surface area contributed by atoms with Gasteiger partial charge in [-0.2, -0.15) is 5.10 Å². The summed E-state index contributed by atoms with van der Waals surface area (Å²) >= 11 is 6.04. The molecule has 0 bridgehead atoms. The summed E-state index contributed by atoms with van der Waals surface area (Å²) in [5, 5.41) is 14.2. The first-order valence-corrected chi connectivity index (χ1v) is 7.00. The van der Waals surface area contributed by atoms with Gasteiger partial charge in [-0.1, -0.05) is 35.9 Å². The van der Waals surface area contributed by atoms with E-state index in [1.54, 1.807) is 13.3 Å². The molecule has 0 saturated carbocycles. The van der Waals surface area contributed by atoms with E-state index >= 15 is 0 Å². The number of hydrogen-bond acceptors (Lipinski definition) is 5. The summed E-state index contributed by atoms with van der Waals surface area (Å²) in [6.07, 6.45) is 1.70. The fourth-order valence-corrected chi connectivity index (χ4v) is 2.21. The van der Waals surface area contributed by atoms with Crippen molar-refractivity contribution in [3.63, 3.8) is 0 Å². The first kappa shape index (κ1) is 14.3. The first-order valence-electron chi connectivity index (χ1n) is 6.62. The van der Waals surface area contributed by atoms with Crippen LogP contribution in [0.5, 0.6) is 5.75 Å². The zero-order valence-electron chi connectivity index (χ0n) is 11.8. The van der Waals surface area contributed by atoms with Gasteiger partial charge in [-0.15, -0.1) is 10.2 Å². The molecule has 0 aliphatic carbocycles. The standard InChI is InChI=1S/C16H13ClN4O/c1-22-12-8-6-11(7-9-12)10-18-20-16-14-5-3-2-4-13(14)15(17)19-21-16/h2-10H,1H3,(H,20,21)/b18-10-. The van der Waals surface area contributed by atoms with Crippen molar-refractivity contribution in [3.8, 4) is 5.75 Å². The number of ether oxygens (including phenoxy) is 1. The predicted molar refractivity (Wildman–Crippen MR) is 88.8 cm³/mol. The van der Waals surface area contributed by atoms with Crippen molar-refractivity contribution in [1.29, 1.82) is 0 Å². The van der Waals surface area contributed by atoms with E-state index in [2.05, 4.69) is 20.7 Å². The number of nitrogens with zero attached hydrogens (tertiary/aromatic N) is 3. The molecular weight excluding hydrogens is 300 g/mol. The van der Waals surface area contributed by atoms with E-state index in [9.17, 15) is 0 Å². The SMILES string of the molecule is COc1ccc(/C=N\Nc2nnc(Cl)c3ccccc23)cc1. The molecule has 0 radical (unpaired) electrons. The van der Waals surface area contributed by atoms with Crippen LogP contribution in [0.3, 0.4) is 0 Å². The molecular formula is C16H13ClN4O. The number of hydrogen-bond donors (Lipinski definition) is 1. The molecule has 3 rings (SSSR count). The largest absolute Gasteiger partial charge is 0.497 e. The second-order valence-electron chi connectivity index (χ2n) is 4.53. The molecule has 0 aliphatic rings. The van der Waals surface area contributed by atoms with Crippen molar-refractivity contribution in [1.82, 2.24) is 10.2 Å². The molecule has 1 aromatic heterocycles. The third-order valence-corrected chi connectivity index (χ3v) is 3.42. The second kappa shape index (κ2) is 6.41. The second-order valence-corrected chi connectivity index (χ2v) is 4.89. The Balaban J connectivity index is 1.81. The Hall–Kier alpha value is -2.66. The molecule has 1 N–H and O–H groups in total. The molecule has 0 atom stereocenters. The monoisotopic (exact) mass is 312 g/mol. The molecule has 0 saturated heterocycles. The van der Waals surface area contributed by atoms with Gasteiger partial charge in [-0.25, -0.2) is 0 Å². The van der Waals surface area contributed by atoms with Gasteiger partial charge in [-0.3, -0.25) is 5.43 Å². The lowest BCUT2D eigenvalue weighted by atomic mass is 10.2. The number of rotatable bonds is 4. The summed E-state index contributed by atoms with van der Waals surface area (Å²) < 4.78 is 5.11. The highest BCUT2D eigenvalue weighted by Gasteiger charge is 2.05. The molecule has 3 aromatic rings. The number of anilines is 1. The minimum atomic E-state index is 0.375. The minimum Gasteiger partial charge on any atom is -0.497 e. The summed E-state index contributed by atoms with van der Waals surface area (Å²) in [6.45, 7) is 0. The molecule has 2 aromatic carbocycles. The maximum atomic E-state index is 6.04. The quantitative estimate of drug-likeness (QED) is 0.589. The number of methoxy groups -OCH3 is 1. The van der Waals surface area contributed by atoms with Crippen molar-refractivity contribution in [2.75, 3.05) is 12.5 Å². The van der Waals surface area contributed by atoms with Gasteiger partial charge in [0.15, 0.2) is 11.0 Å². The van der Waals surface area contributed by atoms with Crippen molar-refractivity contribution < 1.29 is 4.74 Å². The van der Waals surface area contributed by atoms with E-state index in [-0.39, 0.29) is 0 Å². The highest BCUT2D eigenvalue weighted by molar-refractivity contribution is 6.34. The lowest BCUT2D eigenvalue weighted by molar-refractivity contribution is 0.415. The topological polar surface area (TPSA) is 59.4 Å². The third-order valence-electron chi connectivity index (χ3n) is 3.14. The van der Waals surface area contributed by atoms with E-state index < -0.39 is 0 Å². The van der Waals surface area contributed by atoms with Crippen molar-refractivity contribution in [2.24, 2.45) is 5.10 Å². The first-order chi connectivity index (χ1) is 10.8. The van der Waals surface area contributed by atoms with Crippen LogP contribution in [-0.2, 0) is 0 Å². The molecule has 0 spiro atoms. The van der Waals surface area contributed by atoms with Gasteiger partial charge in [0, 0.05) is 10.8 Å². The van der Waals surface area contributed by atoms with Crippen molar-refractivity contribution in [2.45, 2.75) is 0 Å². The Morgan fingerprint density at radius 3 is 2.50 bits per heavy atom. The average Bonchev–Trinajstić information content (AvgIpc) is 2.58. The molecule has 0 aliphatic heterocycles. The zero-order valence-corrected chi connectivity index (χ0v) is 12.6.